The summed E-state index contributed by atoms with van der Waals surface area (Å²) in [7, 11) is -2.96. The van der Waals surface area contributed by atoms with Gasteiger partial charge in [-0.05, 0) is 24.3 Å². The zero-order valence-electron chi connectivity index (χ0n) is 14.7. The molecule has 13 heteroatoms. The van der Waals surface area contributed by atoms with E-state index in [-0.39, 0.29) is 10.8 Å². The van der Waals surface area contributed by atoms with Crippen LogP contribution in [0.4, 0.5) is 18.9 Å². The number of rotatable bonds is 5. The van der Waals surface area contributed by atoms with Crippen molar-refractivity contribution in [2.45, 2.75) is 6.18 Å². The van der Waals surface area contributed by atoms with Gasteiger partial charge in [0.15, 0.2) is 0 Å². The van der Waals surface area contributed by atoms with E-state index in [1.165, 1.54) is 6.07 Å². The molecule has 0 saturated heterocycles. The summed E-state index contributed by atoms with van der Waals surface area (Å²) < 4.78 is 75.8. The first-order valence-electron chi connectivity index (χ1n) is 7.49. The van der Waals surface area contributed by atoms with Gasteiger partial charge >= 0.3 is 6.18 Å². The fraction of sp³-hybridized carbons (Fsp3) is 0.188. The molecule has 0 aliphatic carbocycles. The van der Waals surface area contributed by atoms with Gasteiger partial charge in [0.25, 0.3) is 15.7 Å². The third-order valence-corrected chi connectivity index (χ3v) is 4.04. The van der Waals surface area contributed by atoms with Crippen molar-refractivity contribution < 1.29 is 36.0 Å². The van der Waals surface area contributed by atoms with Gasteiger partial charge in [-0.3, -0.25) is 10.1 Å². The van der Waals surface area contributed by atoms with Gasteiger partial charge in [-0.15, -0.1) is 4.40 Å². The predicted octanol–water partition coefficient (Wildman–Crippen LogP) is 4.41. The number of halogens is 4. The summed E-state index contributed by atoms with van der Waals surface area (Å²) >= 11 is 5.61. The Bertz CT molecular complexity index is 1090. The van der Waals surface area contributed by atoms with E-state index in [1.807, 2.05) is 0 Å². The quantitative estimate of drug-likeness (QED) is 0.288. The van der Waals surface area contributed by atoms with E-state index < -0.39 is 49.6 Å². The molecule has 0 N–H and O–H groups in total. The van der Waals surface area contributed by atoms with Crippen molar-refractivity contribution in [3.63, 3.8) is 0 Å². The Hall–Kier alpha value is -2.86. The van der Waals surface area contributed by atoms with E-state index in [0.717, 1.165) is 37.6 Å². The number of nitro groups is 1. The molecule has 0 aromatic heterocycles. The van der Waals surface area contributed by atoms with E-state index in [4.69, 9.17) is 21.1 Å². The lowest BCUT2D eigenvalue weighted by Crippen LogP contribution is -2.11. The molecule has 0 saturated carbocycles. The molecule has 0 amide bonds. The van der Waals surface area contributed by atoms with Crippen molar-refractivity contribution in [1.82, 2.24) is 0 Å². The lowest BCUT2D eigenvalue weighted by Gasteiger charge is -2.15. The van der Waals surface area contributed by atoms with Crippen LogP contribution >= 0.6 is 11.6 Å². The first-order valence-corrected chi connectivity index (χ1v) is 9.72. The second-order valence-electron chi connectivity index (χ2n) is 5.51. The highest BCUT2D eigenvalue weighted by atomic mass is 35.5. The van der Waals surface area contributed by atoms with Gasteiger partial charge in [-0.1, -0.05) is 11.6 Å². The number of alkyl halides is 3. The molecular formula is C16H12ClF3N2O6S. The summed E-state index contributed by atoms with van der Waals surface area (Å²) in [6.45, 7) is 0. The van der Waals surface area contributed by atoms with Crippen LogP contribution in [-0.2, 0) is 20.9 Å². The van der Waals surface area contributed by atoms with E-state index >= 15 is 0 Å². The molecule has 156 valence electrons. The molecule has 0 atom stereocenters. The molecule has 0 aliphatic heterocycles. The predicted molar refractivity (Wildman–Crippen MR) is 98.0 cm³/mol. The van der Waals surface area contributed by atoms with E-state index in [9.17, 15) is 31.7 Å². The Balaban J connectivity index is 2.61. The summed E-state index contributed by atoms with van der Waals surface area (Å²) in [6.07, 6.45) is -4.04. The van der Waals surface area contributed by atoms with Crippen LogP contribution in [0.5, 0.6) is 11.5 Å². The number of methoxy groups -OCH3 is 1. The highest BCUT2D eigenvalue weighted by Crippen LogP contribution is 2.40. The van der Waals surface area contributed by atoms with Gasteiger partial charge in [0.1, 0.15) is 17.1 Å². The van der Waals surface area contributed by atoms with E-state index in [2.05, 4.69) is 4.40 Å². The average Bonchev–Trinajstić information content (AvgIpc) is 2.59. The Morgan fingerprint density at radius 1 is 1.21 bits per heavy atom. The molecule has 0 spiro atoms. The van der Waals surface area contributed by atoms with Gasteiger partial charge < -0.3 is 9.47 Å². The molecule has 2 aromatic carbocycles. The molecule has 0 bridgehead atoms. The van der Waals surface area contributed by atoms with Crippen LogP contribution in [0.15, 0.2) is 40.8 Å². The van der Waals surface area contributed by atoms with Crippen LogP contribution in [-0.4, -0.2) is 32.6 Å². The molecule has 0 aliphatic rings. The lowest BCUT2D eigenvalue weighted by molar-refractivity contribution is -0.385. The van der Waals surface area contributed by atoms with Crippen molar-refractivity contribution in [2.24, 2.45) is 4.40 Å². The molecule has 0 radical (unpaired) electrons. The largest absolute Gasteiger partial charge is 0.480 e. The number of hydrogen-bond acceptors (Lipinski definition) is 6. The van der Waals surface area contributed by atoms with Gasteiger partial charge in [-0.25, -0.2) is 8.42 Å². The fourth-order valence-corrected chi connectivity index (χ4v) is 2.84. The molecule has 2 aromatic rings. The molecule has 0 unspecified atom stereocenters. The van der Waals surface area contributed by atoms with Gasteiger partial charge in [0.2, 0.25) is 5.90 Å². The number of nitrogens with zero attached hydrogens (tertiary/aromatic N) is 2. The molecule has 0 heterocycles. The smallest absolute Gasteiger partial charge is 0.420 e. The topological polar surface area (TPSA) is 108 Å². The summed E-state index contributed by atoms with van der Waals surface area (Å²) in [5.74, 6) is -1.49. The summed E-state index contributed by atoms with van der Waals surface area (Å²) in [5, 5.41) is 11.1. The van der Waals surface area contributed by atoms with E-state index in [1.54, 1.807) is 0 Å². The van der Waals surface area contributed by atoms with Crippen molar-refractivity contribution in [3.05, 3.63) is 62.7 Å². The summed E-state index contributed by atoms with van der Waals surface area (Å²) in [6, 6.07) is 5.72. The number of ether oxygens (including phenoxy) is 2. The molecule has 29 heavy (non-hydrogen) atoms. The van der Waals surface area contributed by atoms with Crippen LogP contribution in [0, 0.1) is 10.1 Å². The van der Waals surface area contributed by atoms with Crippen LogP contribution in [0.1, 0.15) is 11.1 Å². The zero-order valence-corrected chi connectivity index (χ0v) is 16.3. The molecule has 8 nitrogen and oxygen atoms in total. The Morgan fingerprint density at radius 2 is 1.86 bits per heavy atom. The number of benzene rings is 2. The van der Waals surface area contributed by atoms with Crippen molar-refractivity contribution >= 4 is 33.2 Å². The maximum atomic E-state index is 13.2. The van der Waals surface area contributed by atoms with Crippen LogP contribution in [0.2, 0.25) is 5.02 Å². The third-order valence-electron chi connectivity index (χ3n) is 3.31. The van der Waals surface area contributed by atoms with Gasteiger partial charge in [0, 0.05) is 17.2 Å². The first kappa shape index (κ1) is 22.4. The monoisotopic (exact) mass is 452 g/mol. The second-order valence-corrected chi connectivity index (χ2v) is 7.60. The standard InChI is InChI=1S/C16H12ClF3N2O6S/c1-27-15(21-29(2,25)26)11-8-10(4-5-13(11)22(23)24)28-14-6-3-9(17)7-12(14)16(18,19)20/h3-8H,1-2H3. The Kier molecular flexibility index (Phi) is 6.38. The van der Waals surface area contributed by atoms with E-state index in [0.29, 0.717) is 6.07 Å². The number of hydrogen-bond donors (Lipinski definition) is 0. The first-order chi connectivity index (χ1) is 13.3. The Labute approximate surface area is 167 Å². The Morgan fingerprint density at radius 3 is 2.38 bits per heavy atom. The minimum atomic E-state index is -4.78. The summed E-state index contributed by atoms with van der Waals surface area (Å²) in [5.41, 5.74) is -2.15. The van der Waals surface area contributed by atoms with Gasteiger partial charge in [0.05, 0.1) is 23.9 Å². The normalized spacial score (nSPS) is 12.6. The number of nitro benzene ring substituents is 1. The average molecular weight is 453 g/mol. The van der Waals surface area contributed by atoms with Crippen molar-refractivity contribution in [3.8, 4) is 11.5 Å². The maximum Gasteiger partial charge on any atom is 0.420 e. The molecular weight excluding hydrogens is 441 g/mol. The minimum Gasteiger partial charge on any atom is -0.480 e. The molecule has 0 fully saturated rings. The fourth-order valence-electron chi connectivity index (χ4n) is 2.20. The maximum absolute atomic E-state index is 13.2. The lowest BCUT2D eigenvalue weighted by atomic mass is 10.1. The minimum absolute atomic E-state index is 0.170. The third kappa shape index (κ3) is 5.81. The van der Waals surface area contributed by atoms with Crippen LogP contribution < -0.4 is 4.74 Å². The van der Waals surface area contributed by atoms with Crippen LogP contribution in [0.25, 0.3) is 0 Å². The SMILES string of the molecule is COC(=NS(C)(=O)=O)c1cc(Oc2ccc(Cl)cc2C(F)(F)F)ccc1[N+](=O)[O-]. The highest BCUT2D eigenvalue weighted by molar-refractivity contribution is 7.89. The van der Waals surface area contributed by atoms with Crippen molar-refractivity contribution in [2.75, 3.05) is 13.4 Å². The second kappa shape index (κ2) is 8.25. The van der Waals surface area contributed by atoms with Crippen LogP contribution in [0.3, 0.4) is 0 Å². The highest BCUT2D eigenvalue weighted by Gasteiger charge is 2.35. The number of sulfonamides is 1. The van der Waals surface area contributed by atoms with Gasteiger partial charge in [-0.2, -0.15) is 13.2 Å². The molecule has 2 rings (SSSR count). The zero-order chi connectivity index (χ0) is 22.0. The summed E-state index contributed by atoms with van der Waals surface area (Å²) in [4.78, 5) is 10.4. The van der Waals surface area contributed by atoms with Crippen molar-refractivity contribution in [1.29, 1.82) is 0 Å².